The Morgan fingerprint density at radius 1 is 0.796 bits per heavy atom. The predicted molar refractivity (Wildman–Crippen MR) is 194 cm³/mol. The number of hydrogen-bond acceptors (Lipinski definition) is 6. The number of methoxy groups -OCH3 is 2. The van der Waals surface area contributed by atoms with Crippen molar-refractivity contribution in [3.63, 3.8) is 0 Å². The highest BCUT2D eigenvalue weighted by Crippen LogP contribution is 2.33. The van der Waals surface area contributed by atoms with E-state index in [-0.39, 0.29) is 40.6 Å². The minimum Gasteiger partial charge on any atom is -0.493 e. The number of aryl methyl sites for hydroxylation is 2. The lowest BCUT2D eigenvalue weighted by molar-refractivity contribution is -0.140. The summed E-state index contributed by atoms with van der Waals surface area (Å²) >= 11 is 12.6. The van der Waals surface area contributed by atoms with Crippen molar-refractivity contribution in [3.8, 4) is 11.5 Å². The predicted octanol–water partition coefficient (Wildman–Crippen LogP) is 6.99. The van der Waals surface area contributed by atoms with Crippen molar-refractivity contribution in [2.24, 2.45) is 0 Å². The number of halogens is 2. The standard InChI is InChI=1S/C37H41Cl2N3O6S/c1-24(2)40-37(44)33(20-27-10-8-7-9-11-27)41(22-28-12-14-31(38)32(39)19-28)36(43)23-42(29-17-25(3)16-26(4)18-29)49(45,46)30-13-15-34(47-5)35(21-30)48-6/h7-19,21,24,33H,20,22-23H2,1-6H3,(H,40,44)/t33-/m1/s1. The molecular weight excluding hydrogens is 685 g/mol. The van der Waals surface area contributed by atoms with Crippen molar-refractivity contribution in [2.75, 3.05) is 25.1 Å². The molecule has 0 aromatic heterocycles. The topological polar surface area (TPSA) is 105 Å². The molecule has 49 heavy (non-hydrogen) atoms. The summed E-state index contributed by atoms with van der Waals surface area (Å²) in [5.74, 6) is -0.421. The first kappa shape index (κ1) is 37.6. The quantitative estimate of drug-likeness (QED) is 0.150. The van der Waals surface area contributed by atoms with Crippen molar-refractivity contribution < 1.29 is 27.5 Å². The largest absolute Gasteiger partial charge is 0.493 e. The van der Waals surface area contributed by atoms with E-state index in [4.69, 9.17) is 32.7 Å². The number of ether oxygens (including phenoxy) is 2. The van der Waals surface area contributed by atoms with Gasteiger partial charge in [0.05, 0.1) is 34.8 Å². The van der Waals surface area contributed by atoms with E-state index in [0.29, 0.717) is 22.0 Å². The van der Waals surface area contributed by atoms with Crippen molar-refractivity contribution >= 4 is 50.7 Å². The number of amides is 2. The number of anilines is 1. The molecule has 0 radical (unpaired) electrons. The van der Waals surface area contributed by atoms with E-state index in [1.165, 1.54) is 37.3 Å². The summed E-state index contributed by atoms with van der Waals surface area (Å²) in [4.78, 5) is 29.9. The molecule has 1 atom stereocenters. The Hall–Kier alpha value is -4.25. The molecule has 4 rings (SSSR count). The van der Waals surface area contributed by atoms with Crippen LogP contribution in [0.1, 0.15) is 36.1 Å². The summed E-state index contributed by atoms with van der Waals surface area (Å²) in [6, 6.07) is 22.7. The van der Waals surface area contributed by atoms with Crippen LogP contribution in [-0.2, 0) is 32.6 Å². The van der Waals surface area contributed by atoms with Gasteiger partial charge in [-0.3, -0.25) is 13.9 Å². The first-order valence-electron chi connectivity index (χ1n) is 15.6. The number of nitrogens with zero attached hydrogens (tertiary/aromatic N) is 2. The lowest BCUT2D eigenvalue weighted by Crippen LogP contribution is -2.54. The summed E-state index contributed by atoms with van der Waals surface area (Å²) in [7, 11) is -1.50. The van der Waals surface area contributed by atoms with Gasteiger partial charge >= 0.3 is 0 Å². The highest BCUT2D eigenvalue weighted by molar-refractivity contribution is 7.92. The van der Waals surface area contributed by atoms with Crippen LogP contribution in [0, 0.1) is 13.8 Å². The van der Waals surface area contributed by atoms with E-state index in [9.17, 15) is 18.0 Å². The monoisotopic (exact) mass is 725 g/mol. The molecule has 1 N–H and O–H groups in total. The third-order valence-electron chi connectivity index (χ3n) is 7.76. The lowest BCUT2D eigenvalue weighted by atomic mass is 10.0. The van der Waals surface area contributed by atoms with Crippen LogP contribution in [0.3, 0.4) is 0 Å². The molecule has 0 spiro atoms. The summed E-state index contributed by atoms with van der Waals surface area (Å²) in [5, 5.41) is 3.57. The van der Waals surface area contributed by atoms with Crippen LogP contribution in [0.15, 0.2) is 89.8 Å². The van der Waals surface area contributed by atoms with Crippen LogP contribution in [-0.4, -0.2) is 58.0 Å². The van der Waals surface area contributed by atoms with Gasteiger partial charge in [0.2, 0.25) is 11.8 Å². The smallest absolute Gasteiger partial charge is 0.264 e. The van der Waals surface area contributed by atoms with Gasteiger partial charge in [-0.05, 0) is 86.3 Å². The number of carbonyl (C=O) groups is 2. The second-order valence-corrected chi connectivity index (χ2v) is 14.7. The van der Waals surface area contributed by atoms with Crippen LogP contribution in [0.5, 0.6) is 11.5 Å². The Labute approximate surface area is 298 Å². The molecule has 0 aliphatic carbocycles. The maximum absolute atomic E-state index is 14.7. The molecule has 0 aliphatic heterocycles. The minimum atomic E-state index is -4.37. The Balaban J connectivity index is 1.87. The fraction of sp³-hybridized carbons (Fsp3) is 0.297. The fourth-order valence-corrected chi connectivity index (χ4v) is 7.23. The number of rotatable bonds is 14. The van der Waals surface area contributed by atoms with Crippen molar-refractivity contribution in [1.82, 2.24) is 10.2 Å². The maximum atomic E-state index is 14.7. The molecule has 260 valence electrons. The number of sulfonamides is 1. The Kier molecular flexibility index (Phi) is 12.6. The molecule has 0 saturated heterocycles. The molecule has 0 fully saturated rings. The summed E-state index contributed by atoms with van der Waals surface area (Å²) in [6.07, 6.45) is 0.179. The Morgan fingerprint density at radius 3 is 2.04 bits per heavy atom. The number of carbonyl (C=O) groups excluding carboxylic acids is 2. The summed E-state index contributed by atoms with van der Waals surface area (Å²) in [6.45, 7) is 6.71. The van der Waals surface area contributed by atoms with Gasteiger partial charge in [0, 0.05) is 25.1 Å². The van der Waals surface area contributed by atoms with Gasteiger partial charge in [0.15, 0.2) is 11.5 Å². The van der Waals surface area contributed by atoms with Gasteiger partial charge in [0.1, 0.15) is 12.6 Å². The van der Waals surface area contributed by atoms with Gasteiger partial charge < -0.3 is 19.7 Å². The van der Waals surface area contributed by atoms with Gasteiger partial charge in [-0.2, -0.15) is 0 Å². The Bertz CT molecular complexity index is 1880. The van der Waals surface area contributed by atoms with E-state index >= 15 is 0 Å². The number of hydrogen-bond donors (Lipinski definition) is 1. The average molecular weight is 727 g/mol. The average Bonchev–Trinajstić information content (AvgIpc) is 3.05. The molecule has 9 nitrogen and oxygen atoms in total. The third-order valence-corrected chi connectivity index (χ3v) is 10.3. The Morgan fingerprint density at radius 2 is 1.45 bits per heavy atom. The van der Waals surface area contributed by atoms with Crippen LogP contribution in [0.4, 0.5) is 5.69 Å². The highest BCUT2D eigenvalue weighted by atomic mass is 35.5. The molecule has 0 bridgehead atoms. The molecule has 0 heterocycles. The van der Waals surface area contributed by atoms with Crippen molar-refractivity contribution in [2.45, 2.75) is 57.6 Å². The normalized spacial score (nSPS) is 11.9. The molecule has 0 aliphatic rings. The fourth-order valence-electron chi connectivity index (χ4n) is 5.50. The van der Waals surface area contributed by atoms with E-state index in [0.717, 1.165) is 21.0 Å². The first-order chi connectivity index (χ1) is 23.2. The molecule has 0 unspecified atom stereocenters. The van der Waals surface area contributed by atoms with Crippen LogP contribution in [0.2, 0.25) is 10.0 Å². The van der Waals surface area contributed by atoms with Crippen LogP contribution < -0.4 is 19.1 Å². The maximum Gasteiger partial charge on any atom is 0.264 e. The lowest BCUT2D eigenvalue weighted by Gasteiger charge is -2.34. The SMILES string of the molecule is COc1ccc(S(=O)(=O)N(CC(=O)N(Cc2ccc(Cl)c(Cl)c2)[C@H](Cc2ccccc2)C(=O)NC(C)C)c2cc(C)cc(C)c2)cc1OC. The van der Waals surface area contributed by atoms with E-state index in [1.54, 1.807) is 30.3 Å². The zero-order valence-corrected chi connectivity index (χ0v) is 30.7. The summed E-state index contributed by atoms with van der Waals surface area (Å²) < 4.78 is 40.8. The molecule has 2 amide bonds. The third kappa shape index (κ3) is 9.47. The number of benzene rings is 4. The van der Waals surface area contributed by atoms with Gasteiger partial charge in [-0.25, -0.2) is 8.42 Å². The molecule has 12 heteroatoms. The van der Waals surface area contributed by atoms with Gasteiger partial charge in [-0.1, -0.05) is 65.7 Å². The van der Waals surface area contributed by atoms with Gasteiger partial charge in [0.25, 0.3) is 10.0 Å². The number of nitrogens with one attached hydrogen (secondary N) is 1. The second-order valence-electron chi connectivity index (χ2n) is 12.0. The molecule has 4 aromatic rings. The van der Waals surface area contributed by atoms with E-state index < -0.39 is 28.5 Å². The molecule has 4 aromatic carbocycles. The van der Waals surface area contributed by atoms with Crippen LogP contribution in [0.25, 0.3) is 0 Å². The zero-order valence-electron chi connectivity index (χ0n) is 28.4. The van der Waals surface area contributed by atoms with E-state index in [1.807, 2.05) is 64.1 Å². The zero-order chi connectivity index (χ0) is 35.9. The summed E-state index contributed by atoms with van der Waals surface area (Å²) in [5.41, 5.74) is 3.34. The van der Waals surface area contributed by atoms with Crippen LogP contribution >= 0.6 is 23.2 Å². The highest BCUT2D eigenvalue weighted by Gasteiger charge is 2.35. The van der Waals surface area contributed by atoms with E-state index in [2.05, 4.69) is 5.32 Å². The molecular formula is C37H41Cl2N3O6S. The van der Waals surface area contributed by atoms with Crippen molar-refractivity contribution in [1.29, 1.82) is 0 Å². The van der Waals surface area contributed by atoms with Gasteiger partial charge in [-0.15, -0.1) is 0 Å². The minimum absolute atomic E-state index is 0.0458. The van der Waals surface area contributed by atoms with Crippen molar-refractivity contribution in [3.05, 3.63) is 117 Å². The molecule has 0 saturated carbocycles. The first-order valence-corrected chi connectivity index (χ1v) is 17.8. The second kappa shape index (κ2) is 16.4.